The molecule has 6 nitrogen and oxygen atoms in total. The minimum atomic E-state index is 0. The smallest absolute Gasteiger partial charge is 0.191 e. The van der Waals surface area contributed by atoms with Gasteiger partial charge in [-0.3, -0.25) is 4.99 Å². The fourth-order valence-corrected chi connectivity index (χ4v) is 2.68. The van der Waals surface area contributed by atoms with Gasteiger partial charge in [-0.25, -0.2) is 4.98 Å². The first kappa shape index (κ1) is 23.5. The summed E-state index contributed by atoms with van der Waals surface area (Å²) in [5.41, 5.74) is 0. The standard InChI is InChI=1S/C16H30N4O2S.HI/c1-4-17-16(18-8-5-6-10-22-12-11-21-3)19-9-7-15-20-13-14(2)23-15;/h13H,4-12H2,1-3H3,(H2,17,18,19);1H. The summed E-state index contributed by atoms with van der Waals surface area (Å²) in [7, 11) is 1.68. The van der Waals surface area contributed by atoms with Gasteiger partial charge in [0.2, 0.25) is 0 Å². The van der Waals surface area contributed by atoms with Crippen molar-refractivity contribution in [1.82, 2.24) is 15.6 Å². The Kier molecular flexibility index (Phi) is 15.7. The number of aliphatic imine (C=N–C) groups is 1. The van der Waals surface area contributed by atoms with Crippen LogP contribution >= 0.6 is 35.3 Å². The van der Waals surface area contributed by atoms with Gasteiger partial charge in [0.25, 0.3) is 0 Å². The highest BCUT2D eigenvalue weighted by Crippen LogP contribution is 2.10. The van der Waals surface area contributed by atoms with E-state index in [0.29, 0.717) is 13.2 Å². The molecule has 0 spiro atoms. The third-order valence-electron chi connectivity index (χ3n) is 3.04. The number of halogens is 1. The second kappa shape index (κ2) is 16.0. The predicted molar refractivity (Wildman–Crippen MR) is 112 cm³/mol. The van der Waals surface area contributed by atoms with Gasteiger partial charge in [0.15, 0.2) is 5.96 Å². The molecule has 1 aromatic rings. The molecule has 0 atom stereocenters. The third kappa shape index (κ3) is 12.0. The SMILES string of the molecule is CCNC(=NCCCCOCCOC)NCCc1ncc(C)s1.I. The fourth-order valence-electron chi connectivity index (χ4n) is 1.90. The second-order valence-electron chi connectivity index (χ2n) is 5.11. The maximum absolute atomic E-state index is 5.43. The number of guanidine groups is 1. The number of aryl methyl sites for hydroxylation is 1. The molecule has 1 aromatic heterocycles. The number of nitrogens with zero attached hydrogens (tertiary/aromatic N) is 2. The van der Waals surface area contributed by atoms with E-state index < -0.39 is 0 Å². The number of aromatic nitrogens is 1. The van der Waals surface area contributed by atoms with Crippen LogP contribution in [0.5, 0.6) is 0 Å². The Morgan fingerprint density at radius 2 is 2.08 bits per heavy atom. The Labute approximate surface area is 166 Å². The quantitative estimate of drug-likeness (QED) is 0.213. The van der Waals surface area contributed by atoms with Gasteiger partial charge in [0, 0.05) is 50.8 Å². The number of nitrogens with one attached hydrogen (secondary N) is 2. The molecule has 0 saturated heterocycles. The lowest BCUT2D eigenvalue weighted by Gasteiger charge is -2.10. The molecule has 0 amide bonds. The largest absolute Gasteiger partial charge is 0.382 e. The highest BCUT2D eigenvalue weighted by Gasteiger charge is 2.00. The number of hydrogen-bond donors (Lipinski definition) is 2. The molecule has 0 aliphatic heterocycles. The normalized spacial score (nSPS) is 11.2. The van der Waals surface area contributed by atoms with Crippen LogP contribution < -0.4 is 10.6 Å². The first-order valence-electron chi connectivity index (χ1n) is 8.26. The fraction of sp³-hybridized carbons (Fsp3) is 0.750. The number of rotatable bonds is 12. The van der Waals surface area contributed by atoms with Crippen molar-refractivity contribution < 1.29 is 9.47 Å². The van der Waals surface area contributed by atoms with Crippen molar-refractivity contribution in [3.63, 3.8) is 0 Å². The average Bonchev–Trinajstić information content (AvgIpc) is 2.95. The van der Waals surface area contributed by atoms with Gasteiger partial charge in [0.05, 0.1) is 18.2 Å². The average molecular weight is 470 g/mol. The molecule has 0 fully saturated rings. The van der Waals surface area contributed by atoms with Crippen LogP contribution in [0.4, 0.5) is 0 Å². The van der Waals surface area contributed by atoms with E-state index in [1.54, 1.807) is 18.4 Å². The topological polar surface area (TPSA) is 67.8 Å². The maximum Gasteiger partial charge on any atom is 0.191 e. The molecule has 0 saturated carbocycles. The molecule has 1 rings (SSSR count). The van der Waals surface area contributed by atoms with Gasteiger partial charge in [0.1, 0.15) is 0 Å². The Hall–Kier alpha value is -0.450. The zero-order valence-electron chi connectivity index (χ0n) is 15.0. The molecule has 0 unspecified atom stereocenters. The van der Waals surface area contributed by atoms with Crippen molar-refractivity contribution in [2.75, 3.05) is 46.6 Å². The van der Waals surface area contributed by atoms with E-state index >= 15 is 0 Å². The Morgan fingerprint density at radius 3 is 2.75 bits per heavy atom. The van der Waals surface area contributed by atoms with Crippen molar-refractivity contribution in [2.45, 2.75) is 33.1 Å². The van der Waals surface area contributed by atoms with Gasteiger partial charge in [-0.15, -0.1) is 35.3 Å². The van der Waals surface area contributed by atoms with Crippen LogP contribution in [0.1, 0.15) is 29.7 Å². The second-order valence-corrected chi connectivity index (χ2v) is 6.43. The molecule has 0 aliphatic carbocycles. The lowest BCUT2D eigenvalue weighted by atomic mass is 10.3. The molecule has 1 heterocycles. The number of thiazole rings is 1. The number of hydrogen-bond acceptors (Lipinski definition) is 5. The predicted octanol–water partition coefficient (Wildman–Crippen LogP) is 2.61. The van der Waals surface area contributed by atoms with Crippen LogP contribution in [-0.4, -0.2) is 57.5 Å². The van der Waals surface area contributed by atoms with E-state index in [1.807, 2.05) is 6.20 Å². The van der Waals surface area contributed by atoms with E-state index in [0.717, 1.165) is 51.5 Å². The summed E-state index contributed by atoms with van der Waals surface area (Å²) in [5.74, 6) is 0.876. The van der Waals surface area contributed by atoms with Gasteiger partial charge in [-0.2, -0.15) is 0 Å². The monoisotopic (exact) mass is 470 g/mol. The zero-order valence-corrected chi connectivity index (χ0v) is 18.1. The van der Waals surface area contributed by atoms with Crippen LogP contribution in [-0.2, 0) is 15.9 Å². The van der Waals surface area contributed by atoms with Crippen LogP contribution in [0.25, 0.3) is 0 Å². The lowest BCUT2D eigenvalue weighted by Crippen LogP contribution is -2.38. The lowest BCUT2D eigenvalue weighted by molar-refractivity contribution is 0.0690. The summed E-state index contributed by atoms with van der Waals surface area (Å²) < 4.78 is 10.4. The minimum Gasteiger partial charge on any atom is -0.382 e. The van der Waals surface area contributed by atoms with Crippen LogP contribution in [0.2, 0.25) is 0 Å². The zero-order chi connectivity index (χ0) is 16.8. The van der Waals surface area contributed by atoms with Gasteiger partial charge < -0.3 is 20.1 Å². The van der Waals surface area contributed by atoms with Crippen molar-refractivity contribution in [3.05, 3.63) is 16.1 Å². The Morgan fingerprint density at radius 1 is 1.25 bits per heavy atom. The number of methoxy groups -OCH3 is 1. The molecule has 8 heteroatoms. The van der Waals surface area contributed by atoms with Gasteiger partial charge in [-0.1, -0.05) is 0 Å². The summed E-state index contributed by atoms with van der Waals surface area (Å²) in [6, 6.07) is 0. The van der Waals surface area contributed by atoms with Crippen LogP contribution in [0.15, 0.2) is 11.2 Å². The Balaban J connectivity index is 0.00000529. The van der Waals surface area contributed by atoms with Crippen molar-refractivity contribution >= 4 is 41.3 Å². The molecule has 0 bridgehead atoms. The van der Waals surface area contributed by atoms with E-state index in [9.17, 15) is 0 Å². The van der Waals surface area contributed by atoms with E-state index in [4.69, 9.17) is 9.47 Å². The third-order valence-corrected chi connectivity index (χ3v) is 4.02. The highest BCUT2D eigenvalue weighted by atomic mass is 127. The van der Waals surface area contributed by atoms with Crippen LogP contribution in [0.3, 0.4) is 0 Å². The first-order chi connectivity index (χ1) is 11.3. The van der Waals surface area contributed by atoms with Crippen molar-refractivity contribution in [3.8, 4) is 0 Å². The van der Waals surface area contributed by atoms with Crippen molar-refractivity contribution in [2.24, 2.45) is 4.99 Å². The maximum atomic E-state index is 5.43. The summed E-state index contributed by atoms with van der Waals surface area (Å²) >= 11 is 1.75. The summed E-state index contributed by atoms with van der Waals surface area (Å²) in [4.78, 5) is 10.2. The summed E-state index contributed by atoms with van der Waals surface area (Å²) in [6.45, 7) is 8.77. The molecule has 0 radical (unpaired) electrons. The summed E-state index contributed by atoms with van der Waals surface area (Å²) in [5, 5.41) is 7.79. The molecule has 0 aromatic carbocycles. The van der Waals surface area contributed by atoms with E-state index in [1.165, 1.54) is 9.88 Å². The van der Waals surface area contributed by atoms with Gasteiger partial charge in [-0.05, 0) is 26.7 Å². The Bertz CT molecular complexity index is 443. The molecule has 0 aliphatic rings. The molecule has 24 heavy (non-hydrogen) atoms. The molecule has 2 N–H and O–H groups in total. The van der Waals surface area contributed by atoms with E-state index in [-0.39, 0.29) is 24.0 Å². The number of unbranched alkanes of at least 4 members (excludes halogenated alkanes) is 1. The van der Waals surface area contributed by atoms with Crippen molar-refractivity contribution in [1.29, 1.82) is 0 Å². The van der Waals surface area contributed by atoms with Gasteiger partial charge >= 0.3 is 0 Å². The van der Waals surface area contributed by atoms with Crippen LogP contribution in [0, 0.1) is 6.92 Å². The number of ether oxygens (including phenoxy) is 2. The molecular formula is C16H31IN4O2S. The first-order valence-corrected chi connectivity index (χ1v) is 9.08. The molecule has 140 valence electrons. The molecular weight excluding hydrogens is 439 g/mol. The summed E-state index contributed by atoms with van der Waals surface area (Å²) in [6.07, 6.45) is 4.89. The highest BCUT2D eigenvalue weighted by molar-refractivity contribution is 14.0. The van der Waals surface area contributed by atoms with E-state index in [2.05, 4.69) is 34.5 Å². The minimum absolute atomic E-state index is 0.